The first kappa shape index (κ1) is 15.4. The van der Waals surface area contributed by atoms with Crippen molar-refractivity contribution in [1.82, 2.24) is 5.32 Å². The van der Waals surface area contributed by atoms with E-state index >= 15 is 0 Å². The number of anilines is 1. The van der Waals surface area contributed by atoms with Crippen LogP contribution in [0.2, 0.25) is 0 Å². The Morgan fingerprint density at radius 1 is 1.47 bits per heavy atom. The smallest absolute Gasteiger partial charge is 0.408 e. The molecule has 1 aromatic rings. The number of hydrogen-bond acceptors (Lipinski definition) is 3. The Kier molecular flexibility index (Phi) is 5.25. The number of carbonyl (C=O) groups excluding carboxylic acids is 1. The van der Waals surface area contributed by atoms with Crippen LogP contribution >= 0.6 is 15.9 Å². The van der Waals surface area contributed by atoms with Gasteiger partial charge >= 0.3 is 6.09 Å². The van der Waals surface area contributed by atoms with E-state index in [1.54, 1.807) is 6.07 Å². The van der Waals surface area contributed by atoms with E-state index in [-0.39, 0.29) is 6.54 Å². The second kappa shape index (κ2) is 6.48. The average molecular weight is 325 g/mol. The molecule has 0 spiro atoms. The fourth-order valence-electron chi connectivity index (χ4n) is 1.18. The number of nitrogens with two attached hydrogens (primary N) is 1. The minimum atomic E-state index is -0.501. The van der Waals surface area contributed by atoms with Gasteiger partial charge in [0, 0.05) is 15.7 Å². The molecule has 0 aliphatic rings. The summed E-state index contributed by atoms with van der Waals surface area (Å²) < 4.78 is 5.89. The molecule has 0 fully saturated rings. The third-order valence-electron chi connectivity index (χ3n) is 1.95. The molecule has 19 heavy (non-hydrogen) atoms. The average Bonchev–Trinajstić information content (AvgIpc) is 2.27. The highest BCUT2D eigenvalue weighted by atomic mass is 79.9. The number of alkyl carbamates (subject to hydrolysis) is 1. The number of benzene rings is 1. The second-order valence-corrected chi connectivity index (χ2v) is 5.75. The van der Waals surface area contributed by atoms with Crippen LogP contribution < -0.4 is 11.1 Å². The highest BCUT2D eigenvalue weighted by Crippen LogP contribution is 2.19. The summed E-state index contributed by atoms with van der Waals surface area (Å²) in [5.41, 5.74) is 6.66. The number of nitrogen functional groups attached to an aromatic ring is 1. The number of nitrogens with one attached hydrogen (secondary N) is 1. The van der Waals surface area contributed by atoms with Gasteiger partial charge in [0.2, 0.25) is 0 Å². The van der Waals surface area contributed by atoms with E-state index in [1.165, 1.54) is 0 Å². The third-order valence-corrected chi connectivity index (χ3v) is 2.64. The van der Waals surface area contributed by atoms with Crippen molar-refractivity contribution in [3.8, 4) is 11.8 Å². The Balaban J connectivity index is 2.47. The van der Waals surface area contributed by atoms with Crippen LogP contribution in [0.25, 0.3) is 0 Å². The van der Waals surface area contributed by atoms with Gasteiger partial charge in [-0.05, 0) is 54.9 Å². The summed E-state index contributed by atoms with van der Waals surface area (Å²) in [6, 6.07) is 5.42. The number of rotatable bonds is 1. The van der Waals surface area contributed by atoms with Gasteiger partial charge in [-0.15, -0.1) is 0 Å². The molecule has 0 saturated heterocycles. The van der Waals surface area contributed by atoms with E-state index in [4.69, 9.17) is 10.5 Å². The van der Waals surface area contributed by atoms with E-state index in [2.05, 4.69) is 33.1 Å². The molecule has 0 atom stereocenters. The lowest BCUT2D eigenvalue weighted by Crippen LogP contribution is -2.32. The summed E-state index contributed by atoms with van der Waals surface area (Å²) in [7, 11) is 0. The van der Waals surface area contributed by atoms with Crippen LogP contribution in [0.15, 0.2) is 22.7 Å². The molecule has 1 aromatic carbocycles. The molecule has 102 valence electrons. The Morgan fingerprint density at radius 3 is 2.74 bits per heavy atom. The van der Waals surface area contributed by atoms with Crippen molar-refractivity contribution in [3.63, 3.8) is 0 Å². The minimum absolute atomic E-state index is 0.233. The van der Waals surface area contributed by atoms with Crippen molar-refractivity contribution < 1.29 is 9.53 Å². The normalized spacial score (nSPS) is 10.3. The predicted octanol–water partition coefficient (Wildman–Crippen LogP) is 2.91. The lowest BCUT2D eigenvalue weighted by Gasteiger charge is -2.18. The van der Waals surface area contributed by atoms with Crippen molar-refractivity contribution in [1.29, 1.82) is 0 Å². The van der Waals surface area contributed by atoms with Gasteiger partial charge in [0.15, 0.2) is 0 Å². The standard InChI is InChI=1S/C14H17BrN2O2/c1-14(2,3)19-13(18)17-8-4-5-10-6-7-12(16)11(15)9-10/h6-7,9H,8,16H2,1-3H3,(H,17,18). The van der Waals surface area contributed by atoms with Crippen LogP contribution in [0.1, 0.15) is 26.3 Å². The zero-order chi connectivity index (χ0) is 14.5. The monoisotopic (exact) mass is 324 g/mol. The molecule has 0 saturated carbocycles. The van der Waals surface area contributed by atoms with Gasteiger partial charge in [-0.3, -0.25) is 0 Å². The van der Waals surface area contributed by atoms with E-state index in [0.29, 0.717) is 5.69 Å². The summed E-state index contributed by atoms with van der Waals surface area (Å²) in [6.45, 7) is 5.66. The predicted molar refractivity (Wildman–Crippen MR) is 79.7 cm³/mol. The Morgan fingerprint density at radius 2 is 2.16 bits per heavy atom. The van der Waals surface area contributed by atoms with E-state index in [0.717, 1.165) is 10.0 Å². The molecule has 0 aliphatic heterocycles. The molecule has 0 aromatic heterocycles. The summed E-state index contributed by atoms with van der Waals surface area (Å²) in [6.07, 6.45) is -0.472. The number of hydrogen-bond donors (Lipinski definition) is 2. The maximum Gasteiger partial charge on any atom is 0.408 e. The molecule has 3 N–H and O–H groups in total. The molecular formula is C14H17BrN2O2. The van der Waals surface area contributed by atoms with Crippen LogP contribution in [0, 0.1) is 11.8 Å². The van der Waals surface area contributed by atoms with Crippen molar-refractivity contribution in [2.45, 2.75) is 26.4 Å². The van der Waals surface area contributed by atoms with E-state index in [1.807, 2.05) is 32.9 Å². The Labute approximate surface area is 121 Å². The zero-order valence-corrected chi connectivity index (χ0v) is 12.8. The molecule has 0 unspecified atom stereocenters. The van der Waals surface area contributed by atoms with Gasteiger partial charge < -0.3 is 15.8 Å². The van der Waals surface area contributed by atoms with Gasteiger partial charge in [-0.2, -0.15) is 0 Å². The first-order chi connectivity index (χ1) is 8.78. The molecule has 0 bridgehead atoms. The maximum absolute atomic E-state index is 11.3. The summed E-state index contributed by atoms with van der Waals surface area (Å²) >= 11 is 3.33. The van der Waals surface area contributed by atoms with E-state index in [9.17, 15) is 4.79 Å². The van der Waals surface area contributed by atoms with Gasteiger partial charge in [0.1, 0.15) is 5.60 Å². The molecule has 1 rings (SSSR count). The highest BCUT2D eigenvalue weighted by molar-refractivity contribution is 9.10. The van der Waals surface area contributed by atoms with Crippen LogP contribution in [-0.2, 0) is 4.74 Å². The quantitative estimate of drug-likeness (QED) is 0.616. The molecule has 0 heterocycles. The number of carbonyl (C=O) groups is 1. The van der Waals surface area contributed by atoms with E-state index < -0.39 is 11.7 Å². The topological polar surface area (TPSA) is 64.3 Å². The Hall–Kier alpha value is -1.67. The molecule has 0 radical (unpaired) electrons. The van der Waals surface area contributed by atoms with Crippen molar-refractivity contribution in [2.75, 3.05) is 12.3 Å². The summed E-state index contributed by atoms with van der Waals surface area (Å²) in [4.78, 5) is 11.3. The van der Waals surface area contributed by atoms with Crippen LogP contribution in [0.4, 0.5) is 10.5 Å². The lowest BCUT2D eigenvalue weighted by atomic mass is 10.2. The number of ether oxygens (including phenoxy) is 1. The SMILES string of the molecule is CC(C)(C)OC(=O)NCC#Cc1ccc(N)c(Br)c1. The number of amides is 1. The third kappa shape index (κ3) is 6.16. The molecule has 1 amide bonds. The maximum atomic E-state index is 11.3. The van der Waals surface area contributed by atoms with Gasteiger partial charge in [-0.1, -0.05) is 11.8 Å². The molecule has 4 nitrogen and oxygen atoms in total. The van der Waals surface area contributed by atoms with Gasteiger partial charge in [-0.25, -0.2) is 4.79 Å². The number of halogens is 1. The first-order valence-corrected chi connectivity index (χ1v) is 6.58. The van der Waals surface area contributed by atoms with Crippen molar-refractivity contribution >= 4 is 27.7 Å². The Bertz CT molecular complexity index is 524. The second-order valence-electron chi connectivity index (χ2n) is 4.89. The lowest BCUT2D eigenvalue weighted by molar-refractivity contribution is 0.0535. The van der Waals surface area contributed by atoms with Crippen LogP contribution in [-0.4, -0.2) is 18.2 Å². The summed E-state index contributed by atoms with van der Waals surface area (Å²) in [5.74, 6) is 5.77. The largest absolute Gasteiger partial charge is 0.444 e. The minimum Gasteiger partial charge on any atom is -0.444 e. The van der Waals surface area contributed by atoms with Gasteiger partial charge in [0.25, 0.3) is 0 Å². The van der Waals surface area contributed by atoms with Crippen molar-refractivity contribution in [2.24, 2.45) is 0 Å². The summed E-state index contributed by atoms with van der Waals surface area (Å²) in [5, 5.41) is 2.56. The first-order valence-electron chi connectivity index (χ1n) is 5.79. The molecule has 5 heteroatoms. The molecule has 0 aliphatic carbocycles. The molecular weight excluding hydrogens is 308 g/mol. The van der Waals surface area contributed by atoms with Gasteiger partial charge in [0.05, 0.1) is 6.54 Å². The fraction of sp³-hybridized carbons (Fsp3) is 0.357. The van der Waals surface area contributed by atoms with Crippen molar-refractivity contribution in [3.05, 3.63) is 28.2 Å². The zero-order valence-electron chi connectivity index (χ0n) is 11.2. The van der Waals surface area contributed by atoms with Crippen LogP contribution in [0.3, 0.4) is 0 Å². The fourth-order valence-corrected chi connectivity index (χ4v) is 1.56. The van der Waals surface area contributed by atoms with Crippen LogP contribution in [0.5, 0.6) is 0 Å². The highest BCUT2D eigenvalue weighted by Gasteiger charge is 2.14.